The summed E-state index contributed by atoms with van der Waals surface area (Å²) >= 11 is 0. The van der Waals surface area contributed by atoms with Gasteiger partial charge in [-0.3, -0.25) is 10.2 Å². The van der Waals surface area contributed by atoms with Gasteiger partial charge in [-0.15, -0.1) is 0 Å². The van der Waals surface area contributed by atoms with E-state index in [1.807, 2.05) is 36.4 Å². The Hall–Kier alpha value is -2.90. The molecule has 28 heavy (non-hydrogen) atoms. The van der Waals surface area contributed by atoms with Gasteiger partial charge in [-0.05, 0) is 54.5 Å². The summed E-state index contributed by atoms with van der Waals surface area (Å²) in [6.07, 6.45) is 2.60. The largest absolute Gasteiger partial charge is 0.381 e. The number of hydrogen-bond donors (Lipinski definition) is 4. The summed E-state index contributed by atoms with van der Waals surface area (Å²) in [7, 11) is 0. The van der Waals surface area contributed by atoms with Crippen LogP contribution in [0.5, 0.6) is 0 Å². The second-order valence-electron chi connectivity index (χ2n) is 6.90. The maximum atomic E-state index is 12.3. The second kappa shape index (κ2) is 9.87. The molecule has 0 spiro atoms. The fraction of sp³-hybridized carbons (Fsp3) is 0.333. The topological polar surface area (TPSA) is 105 Å². The monoisotopic (exact) mass is 382 g/mol. The van der Waals surface area contributed by atoms with E-state index in [1.165, 1.54) is 0 Å². The standard InChI is InChI=1S/C21H26N4O3/c22-25-20(26)17-7-5-15(6-8-17)13-18-3-1-2-4-19(18)24-21(27)23-14-16-9-11-28-12-10-16/h1-8,16H,9-14,22H2,(H,25,26)(H2,23,24,27). The first-order valence-corrected chi connectivity index (χ1v) is 9.46. The summed E-state index contributed by atoms with van der Waals surface area (Å²) in [6.45, 7) is 2.19. The van der Waals surface area contributed by atoms with E-state index in [9.17, 15) is 9.59 Å². The molecule has 0 aromatic heterocycles. The fourth-order valence-electron chi connectivity index (χ4n) is 3.23. The van der Waals surface area contributed by atoms with Crippen molar-refractivity contribution in [3.05, 3.63) is 65.2 Å². The minimum atomic E-state index is -0.324. The first-order valence-electron chi connectivity index (χ1n) is 9.46. The highest BCUT2D eigenvalue weighted by molar-refractivity contribution is 5.93. The van der Waals surface area contributed by atoms with Gasteiger partial charge in [0.05, 0.1) is 0 Å². The Labute approximate surface area is 164 Å². The van der Waals surface area contributed by atoms with Crippen molar-refractivity contribution in [1.29, 1.82) is 0 Å². The number of nitrogen functional groups attached to an aromatic ring is 1. The van der Waals surface area contributed by atoms with Crippen LogP contribution in [0.2, 0.25) is 0 Å². The van der Waals surface area contributed by atoms with Crippen molar-refractivity contribution in [3.63, 3.8) is 0 Å². The van der Waals surface area contributed by atoms with E-state index >= 15 is 0 Å². The molecule has 3 rings (SSSR count). The Balaban J connectivity index is 1.59. The van der Waals surface area contributed by atoms with Crippen LogP contribution >= 0.6 is 0 Å². The average Bonchev–Trinajstić information content (AvgIpc) is 2.74. The number of carbonyl (C=O) groups is 2. The van der Waals surface area contributed by atoms with E-state index in [-0.39, 0.29) is 11.9 Å². The lowest BCUT2D eigenvalue weighted by Crippen LogP contribution is -2.35. The molecule has 0 radical (unpaired) electrons. The number of nitrogens with one attached hydrogen (secondary N) is 3. The maximum absolute atomic E-state index is 12.3. The molecule has 0 unspecified atom stereocenters. The lowest BCUT2D eigenvalue weighted by atomic mass is 10.0. The van der Waals surface area contributed by atoms with Crippen LogP contribution in [0, 0.1) is 5.92 Å². The Morgan fingerprint density at radius 3 is 2.46 bits per heavy atom. The molecule has 148 valence electrons. The number of nitrogens with two attached hydrogens (primary N) is 1. The third kappa shape index (κ3) is 5.55. The predicted molar refractivity (Wildman–Crippen MR) is 108 cm³/mol. The fourth-order valence-corrected chi connectivity index (χ4v) is 3.23. The zero-order chi connectivity index (χ0) is 19.8. The van der Waals surface area contributed by atoms with Crippen molar-refractivity contribution >= 4 is 17.6 Å². The molecule has 7 heteroatoms. The van der Waals surface area contributed by atoms with E-state index in [2.05, 4.69) is 16.1 Å². The van der Waals surface area contributed by atoms with Gasteiger partial charge in [-0.25, -0.2) is 10.6 Å². The number of carbonyl (C=O) groups excluding carboxylic acids is 2. The Morgan fingerprint density at radius 1 is 1.04 bits per heavy atom. The highest BCUT2D eigenvalue weighted by Crippen LogP contribution is 2.20. The Bertz CT molecular complexity index is 802. The zero-order valence-electron chi connectivity index (χ0n) is 15.7. The van der Waals surface area contributed by atoms with Crippen molar-refractivity contribution in [1.82, 2.24) is 10.7 Å². The van der Waals surface area contributed by atoms with Crippen molar-refractivity contribution < 1.29 is 14.3 Å². The number of hydrazine groups is 1. The molecule has 1 aliphatic rings. The molecule has 0 saturated carbocycles. The van der Waals surface area contributed by atoms with Gasteiger partial charge in [0.2, 0.25) is 0 Å². The van der Waals surface area contributed by atoms with Gasteiger partial charge in [0, 0.05) is 31.0 Å². The quantitative estimate of drug-likeness (QED) is 0.350. The first kappa shape index (κ1) is 19.9. The van der Waals surface area contributed by atoms with Crippen LogP contribution in [-0.2, 0) is 11.2 Å². The molecule has 0 atom stereocenters. The third-order valence-electron chi connectivity index (χ3n) is 4.90. The van der Waals surface area contributed by atoms with Crippen molar-refractivity contribution in [2.45, 2.75) is 19.3 Å². The van der Waals surface area contributed by atoms with E-state index in [1.54, 1.807) is 12.1 Å². The van der Waals surface area contributed by atoms with E-state index < -0.39 is 0 Å². The molecule has 0 bridgehead atoms. The number of anilines is 1. The summed E-state index contributed by atoms with van der Waals surface area (Å²) < 4.78 is 5.34. The SMILES string of the molecule is NNC(=O)c1ccc(Cc2ccccc2NC(=O)NCC2CCOCC2)cc1. The van der Waals surface area contributed by atoms with Crippen molar-refractivity contribution in [2.75, 3.05) is 25.1 Å². The van der Waals surface area contributed by atoms with Crippen LogP contribution in [0.25, 0.3) is 0 Å². The van der Waals surface area contributed by atoms with Gasteiger partial charge in [0.15, 0.2) is 0 Å². The Kier molecular flexibility index (Phi) is 7.00. The predicted octanol–water partition coefficient (Wildman–Crippen LogP) is 2.43. The lowest BCUT2D eigenvalue weighted by Gasteiger charge is -2.22. The molecule has 1 aliphatic heterocycles. The number of urea groups is 1. The van der Waals surface area contributed by atoms with Gasteiger partial charge >= 0.3 is 6.03 Å². The average molecular weight is 382 g/mol. The normalized spacial score (nSPS) is 14.3. The van der Waals surface area contributed by atoms with Crippen LogP contribution in [0.4, 0.5) is 10.5 Å². The summed E-state index contributed by atoms with van der Waals surface area (Å²) in [4.78, 5) is 23.8. The summed E-state index contributed by atoms with van der Waals surface area (Å²) in [6, 6.07) is 14.7. The van der Waals surface area contributed by atoms with Gasteiger partial charge in [-0.1, -0.05) is 30.3 Å². The molecule has 5 N–H and O–H groups in total. The lowest BCUT2D eigenvalue weighted by molar-refractivity contribution is 0.0671. The summed E-state index contributed by atoms with van der Waals surface area (Å²) in [5.41, 5.74) is 5.43. The molecule has 1 fully saturated rings. The number of hydrogen-bond acceptors (Lipinski definition) is 4. The minimum absolute atomic E-state index is 0.200. The number of benzene rings is 2. The first-order chi connectivity index (χ1) is 13.7. The molecular weight excluding hydrogens is 356 g/mol. The third-order valence-corrected chi connectivity index (χ3v) is 4.90. The molecule has 3 amide bonds. The molecule has 1 saturated heterocycles. The van der Waals surface area contributed by atoms with Crippen LogP contribution in [-0.4, -0.2) is 31.7 Å². The second-order valence-corrected chi connectivity index (χ2v) is 6.90. The Morgan fingerprint density at radius 2 is 1.75 bits per heavy atom. The summed E-state index contributed by atoms with van der Waals surface area (Å²) in [5.74, 6) is 5.30. The van der Waals surface area contributed by atoms with Gasteiger partial charge in [0.25, 0.3) is 5.91 Å². The smallest absolute Gasteiger partial charge is 0.319 e. The molecule has 7 nitrogen and oxygen atoms in total. The molecule has 0 aliphatic carbocycles. The molecule has 2 aromatic rings. The van der Waals surface area contributed by atoms with Gasteiger partial charge in [0.1, 0.15) is 0 Å². The molecule has 2 aromatic carbocycles. The maximum Gasteiger partial charge on any atom is 0.319 e. The van der Waals surface area contributed by atoms with Crippen LogP contribution < -0.4 is 21.9 Å². The van der Waals surface area contributed by atoms with Crippen LogP contribution in [0.1, 0.15) is 34.3 Å². The number of rotatable bonds is 6. The minimum Gasteiger partial charge on any atom is -0.381 e. The van der Waals surface area contributed by atoms with Crippen molar-refractivity contribution in [3.8, 4) is 0 Å². The number of ether oxygens (including phenoxy) is 1. The molecular formula is C21H26N4O3. The van der Waals surface area contributed by atoms with Gasteiger partial charge in [-0.2, -0.15) is 0 Å². The van der Waals surface area contributed by atoms with E-state index in [4.69, 9.17) is 10.6 Å². The highest BCUT2D eigenvalue weighted by Gasteiger charge is 2.15. The van der Waals surface area contributed by atoms with E-state index in [0.29, 0.717) is 24.4 Å². The summed E-state index contributed by atoms with van der Waals surface area (Å²) in [5, 5.41) is 5.90. The molecule has 1 heterocycles. The van der Waals surface area contributed by atoms with Crippen LogP contribution in [0.3, 0.4) is 0 Å². The number of amides is 3. The highest BCUT2D eigenvalue weighted by atomic mass is 16.5. The van der Waals surface area contributed by atoms with E-state index in [0.717, 1.165) is 42.9 Å². The van der Waals surface area contributed by atoms with Gasteiger partial charge < -0.3 is 15.4 Å². The van der Waals surface area contributed by atoms with Crippen LogP contribution in [0.15, 0.2) is 48.5 Å². The number of para-hydroxylation sites is 1. The zero-order valence-corrected chi connectivity index (χ0v) is 15.7. The van der Waals surface area contributed by atoms with Crippen molar-refractivity contribution in [2.24, 2.45) is 11.8 Å².